The van der Waals surface area contributed by atoms with Gasteiger partial charge < -0.3 is 14.4 Å². The summed E-state index contributed by atoms with van der Waals surface area (Å²) in [5.74, 6) is 0. The molecule has 10 aromatic carbocycles. The number of nitrogens with zero attached hydrogens (tertiary/aromatic N) is 3. The molecule has 4 aliphatic rings. The molecular weight excluding hydrogens is 890 g/mol. The summed E-state index contributed by atoms with van der Waals surface area (Å²) >= 11 is 2.05. The first-order valence-electron chi connectivity index (χ1n) is 25.1. The van der Waals surface area contributed by atoms with E-state index in [0.717, 1.165) is 11.4 Å². The van der Waals surface area contributed by atoms with Crippen LogP contribution in [0, 0.1) is 13.8 Å². The van der Waals surface area contributed by atoms with E-state index >= 15 is 0 Å². The fourth-order valence-corrected chi connectivity index (χ4v) is 15.0. The molecule has 1 atom stereocenters. The van der Waals surface area contributed by atoms with Crippen molar-refractivity contribution in [3.63, 3.8) is 0 Å². The van der Waals surface area contributed by atoms with Gasteiger partial charge in [0.1, 0.15) is 0 Å². The van der Waals surface area contributed by atoms with E-state index in [0.29, 0.717) is 0 Å². The maximum atomic E-state index is 2.70. The van der Waals surface area contributed by atoms with Crippen LogP contribution in [0.1, 0.15) is 32.7 Å². The van der Waals surface area contributed by atoms with Crippen LogP contribution >= 0.6 is 11.3 Å². The highest BCUT2D eigenvalue weighted by Crippen LogP contribution is 2.66. The monoisotopic (exact) mass is 933 g/mol. The molecule has 2 aromatic heterocycles. The summed E-state index contributed by atoms with van der Waals surface area (Å²) in [5, 5.41) is 2.58. The largest absolute Gasteiger partial charge is 0.311 e. The number of thiophene rings is 1. The summed E-state index contributed by atoms with van der Waals surface area (Å²) in [6.45, 7) is 4.39. The summed E-state index contributed by atoms with van der Waals surface area (Å²) in [5.41, 5.74) is 27.0. The minimum atomic E-state index is -0.596. The number of hydrogen-bond acceptors (Lipinski definition) is 3. The molecule has 1 spiro atoms. The number of aryl methyl sites for hydroxylation is 2. The predicted molar refractivity (Wildman–Crippen MR) is 304 cm³/mol. The molecule has 72 heavy (non-hydrogen) atoms. The summed E-state index contributed by atoms with van der Waals surface area (Å²) in [7, 11) is 0. The average molecular weight is 934 g/mol. The van der Waals surface area contributed by atoms with E-state index in [1.807, 2.05) is 0 Å². The Morgan fingerprint density at radius 2 is 1.06 bits per heavy atom. The van der Waals surface area contributed by atoms with Gasteiger partial charge in [-0.1, -0.05) is 193 Å². The fourth-order valence-electron chi connectivity index (χ4n) is 13.4. The normalized spacial score (nSPS) is 15.3. The molecule has 0 fully saturated rings. The minimum Gasteiger partial charge on any atom is -0.311 e. The van der Waals surface area contributed by atoms with Crippen molar-refractivity contribution in [2.45, 2.75) is 19.3 Å². The number of aromatic nitrogens is 1. The van der Waals surface area contributed by atoms with Gasteiger partial charge >= 0.3 is 0 Å². The minimum absolute atomic E-state index is 0.0487. The lowest BCUT2D eigenvalue weighted by atomic mass is 9.36. The Morgan fingerprint density at radius 3 is 1.86 bits per heavy atom. The van der Waals surface area contributed by atoms with Gasteiger partial charge in [0.15, 0.2) is 0 Å². The van der Waals surface area contributed by atoms with Crippen LogP contribution in [0.5, 0.6) is 0 Å². The number of benzene rings is 10. The first kappa shape index (κ1) is 40.1. The SMILES string of the molecule is Cc1ccc(N2c3ccc(C)cc3B3c4sc5c(c4N(c4ccccc4-c4ccccc4)c4cc(-c6ccccc6)cc2c43)-c2ccccc2C52c3ccccc3-n3c4ccccc4c4cccc2c43)cc1. The molecule has 0 saturated heterocycles. The van der Waals surface area contributed by atoms with E-state index in [1.165, 1.54) is 132 Å². The molecule has 16 rings (SSSR count). The Morgan fingerprint density at radius 1 is 0.431 bits per heavy atom. The molecule has 0 saturated carbocycles. The van der Waals surface area contributed by atoms with Gasteiger partial charge in [-0.25, -0.2) is 0 Å². The third-order valence-electron chi connectivity index (χ3n) is 16.3. The van der Waals surface area contributed by atoms with Crippen molar-refractivity contribution < 1.29 is 0 Å². The van der Waals surface area contributed by atoms with Gasteiger partial charge in [-0.3, -0.25) is 0 Å². The van der Waals surface area contributed by atoms with Gasteiger partial charge in [0.2, 0.25) is 0 Å². The molecule has 3 nitrogen and oxygen atoms in total. The van der Waals surface area contributed by atoms with Crippen molar-refractivity contribution in [3.8, 4) is 39.1 Å². The van der Waals surface area contributed by atoms with E-state index in [-0.39, 0.29) is 6.71 Å². The van der Waals surface area contributed by atoms with Crippen molar-refractivity contribution in [2.75, 3.05) is 9.80 Å². The highest BCUT2D eigenvalue weighted by atomic mass is 32.1. The molecule has 1 unspecified atom stereocenters. The lowest BCUT2D eigenvalue weighted by Crippen LogP contribution is -2.60. The molecule has 0 radical (unpaired) electrons. The van der Waals surface area contributed by atoms with Crippen molar-refractivity contribution in [2.24, 2.45) is 0 Å². The van der Waals surface area contributed by atoms with Crippen LogP contribution in [0.25, 0.3) is 60.9 Å². The second-order valence-electron chi connectivity index (χ2n) is 20.1. The highest BCUT2D eigenvalue weighted by Gasteiger charge is 2.56. The Labute approximate surface area is 423 Å². The lowest BCUT2D eigenvalue weighted by molar-refractivity contribution is 0.763. The average Bonchev–Trinajstić information content (AvgIpc) is 4.08. The molecule has 336 valence electrons. The van der Waals surface area contributed by atoms with E-state index in [4.69, 9.17) is 0 Å². The summed E-state index contributed by atoms with van der Waals surface area (Å²) in [6, 6.07) is 87.1. The second-order valence-corrected chi connectivity index (χ2v) is 21.1. The molecule has 0 bridgehead atoms. The smallest absolute Gasteiger partial charge is 0.264 e. The predicted octanol–water partition coefficient (Wildman–Crippen LogP) is 15.6. The molecule has 5 heterocycles. The summed E-state index contributed by atoms with van der Waals surface area (Å²) in [6.07, 6.45) is 0. The van der Waals surface area contributed by atoms with Crippen molar-refractivity contribution in [3.05, 3.63) is 263 Å². The van der Waals surface area contributed by atoms with Crippen LogP contribution in [0.2, 0.25) is 0 Å². The van der Waals surface area contributed by atoms with Gasteiger partial charge in [-0.05, 0) is 112 Å². The number of rotatable bonds is 4. The Bertz CT molecular complexity index is 4260. The molecule has 1 aliphatic carbocycles. The quantitative estimate of drug-likeness (QED) is 0.163. The van der Waals surface area contributed by atoms with E-state index in [2.05, 4.69) is 270 Å². The summed E-state index contributed by atoms with van der Waals surface area (Å²) in [4.78, 5) is 6.64. The highest BCUT2D eigenvalue weighted by molar-refractivity contribution is 7.30. The van der Waals surface area contributed by atoms with Crippen molar-refractivity contribution in [1.29, 1.82) is 0 Å². The zero-order chi connectivity index (χ0) is 47.4. The number of fused-ring (bicyclic) bond motifs is 17. The van der Waals surface area contributed by atoms with Crippen molar-refractivity contribution in [1.82, 2.24) is 4.57 Å². The van der Waals surface area contributed by atoms with E-state index in [9.17, 15) is 0 Å². The molecule has 5 heteroatoms. The fraction of sp³-hybridized carbons (Fsp3) is 0.0448. The van der Waals surface area contributed by atoms with Gasteiger partial charge in [-0.15, -0.1) is 11.3 Å². The van der Waals surface area contributed by atoms with Crippen molar-refractivity contribution >= 4 is 89.7 Å². The second kappa shape index (κ2) is 14.7. The zero-order valence-electron chi connectivity index (χ0n) is 39.8. The Kier molecular flexibility index (Phi) is 8.20. The number of anilines is 6. The standard InChI is InChI=1S/C67H44BN3S/c1-41-32-35-46(36-33-41)69-58-37-34-42(2)38-54(58)68-62-59(69)39-45(43-18-5-3-6-19-43)40-60(62)71(55-29-14-10-22-47(55)44-20-7-4-8-21-44)64-61-50-24-9-12-26-51(50)67(65(61)72-66(64)68)52-27-13-16-31-57(52)70-56-30-15-11-23-48(56)49-25-17-28-53(67)63(49)70/h3-40H,1-2H3. The first-order valence-corrected chi connectivity index (χ1v) is 25.9. The van der Waals surface area contributed by atoms with Crippen LogP contribution in [0.3, 0.4) is 0 Å². The third kappa shape index (κ3) is 5.15. The Hall–Kier alpha value is -8.64. The summed E-state index contributed by atoms with van der Waals surface area (Å²) < 4.78 is 3.94. The first-order chi connectivity index (χ1) is 35.6. The van der Waals surface area contributed by atoms with E-state index < -0.39 is 5.41 Å². The van der Waals surface area contributed by atoms with E-state index in [1.54, 1.807) is 0 Å². The Balaban J connectivity index is 1.10. The number of para-hydroxylation sites is 4. The van der Waals surface area contributed by atoms with Gasteiger partial charge in [0, 0.05) is 54.3 Å². The van der Waals surface area contributed by atoms with Crippen LogP contribution in [0.4, 0.5) is 34.1 Å². The maximum Gasteiger partial charge on any atom is 0.264 e. The molecule has 3 aliphatic heterocycles. The van der Waals surface area contributed by atoms with Crippen LogP contribution in [-0.2, 0) is 5.41 Å². The molecule has 0 N–H and O–H groups in total. The molecule has 0 amide bonds. The third-order valence-corrected chi connectivity index (χ3v) is 17.6. The van der Waals surface area contributed by atoms with Gasteiger partial charge in [-0.2, -0.15) is 0 Å². The van der Waals surface area contributed by atoms with Gasteiger partial charge in [0.05, 0.1) is 33.5 Å². The lowest BCUT2D eigenvalue weighted by Gasteiger charge is -2.44. The zero-order valence-corrected chi connectivity index (χ0v) is 40.6. The maximum absolute atomic E-state index is 2.70. The molecular formula is C67H44BN3S. The van der Waals surface area contributed by atoms with Crippen LogP contribution < -0.4 is 25.5 Å². The van der Waals surface area contributed by atoms with Gasteiger partial charge in [0.25, 0.3) is 6.71 Å². The van der Waals surface area contributed by atoms with Crippen LogP contribution in [0.15, 0.2) is 231 Å². The number of hydrogen-bond donors (Lipinski definition) is 0. The topological polar surface area (TPSA) is 11.4 Å². The van der Waals surface area contributed by atoms with Crippen LogP contribution in [-0.4, -0.2) is 11.3 Å². The molecule has 12 aromatic rings.